The van der Waals surface area contributed by atoms with Gasteiger partial charge in [-0.3, -0.25) is 4.90 Å². The van der Waals surface area contributed by atoms with Crippen molar-refractivity contribution >= 4 is 11.6 Å². The number of nitrogens with one attached hydrogen (secondary N) is 1. The molecule has 2 aromatic carbocycles. The van der Waals surface area contributed by atoms with Crippen molar-refractivity contribution in [1.82, 2.24) is 20.4 Å². The van der Waals surface area contributed by atoms with Crippen molar-refractivity contribution in [1.29, 1.82) is 0 Å². The van der Waals surface area contributed by atoms with Crippen molar-refractivity contribution in [3.63, 3.8) is 0 Å². The van der Waals surface area contributed by atoms with Gasteiger partial charge < -0.3 is 14.6 Å². The zero-order valence-electron chi connectivity index (χ0n) is 18.5. The molecule has 1 fully saturated rings. The molecule has 1 saturated heterocycles. The number of aryl methyl sites for hydroxylation is 1. The average molecular weight is 448 g/mol. The molecule has 3 heterocycles. The fourth-order valence-electron chi connectivity index (χ4n) is 4.33. The molecule has 2 atom stereocenters. The Hall–Kier alpha value is -3.52. The molecule has 0 aliphatic carbocycles. The van der Waals surface area contributed by atoms with E-state index >= 15 is 0 Å². The fourth-order valence-corrected chi connectivity index (χ4v) is 4.33. The zero-order chi connectivity index (χ0) is 22.9. The third-order valence-electron chi connectivity index (χ3n) is 6.18. The van der Waals surface area contributed by atoms with Gasteiger partial charge in [-0.25, -0.2) is 9.18 Å². The van der Waals surface area contributed by atoms with Crippen LogP contribution in [0.3, 0.4) is 0 Å². The van der Waals surface area contributed by atoms with Crippen LogP contribution in [0.5, 0.6) is 0 Å². The quantitative estimate of drug-likeness (QED) is 0.603. The normalized spacial score (nSPS) is 20.9. The van der Waals surface area contributed by atoms with Crippen molar-refractivity contribution in [2.45, 2.75) is 38.8 Å². The highest BCUT2D eigenvalue weighted by Gasteiger charge is 2.37. The second-order valence-corrected chi connectivity index (χ2v) is 8.47. The summed E-state index contributed by atoms with van der Waals surface area (Å²) in [5.41, 5.74) is 4.10. The first-order chi connectivity index (χ1) is 16.0. The maximum absolute atomic E-state index is 13.6. The number of hydrogen-bond donors (Lipinski definition) is 1. The Morgan fingerprint density at radius 1 is 1.12 bits per heavy atom. The summed E-state index contributed by atoms with van der Waals surface area (Å²) in [5, 5.41) is 7.21. The van der Waals surface area contributed by atoms with Crippen LogP contribution in [0, 0.1) is 12.7 Å². The maximum atomic E-state index is 13.6. The number of amides is 2. The van der Waals surface area contributed by atoms with Crippen LogP contribution in [0.1, 0.15) is 42.8 Å². The van der Waals surface area contributed by atoms with Crippen LogP contribution >= 0.6 is 0 Å². The summed E-state index contributed by atoms with van der Waals surface area (Å²) >= 11 is 0. The first-order valence-electron chi connectivity index (χ1n) is 11.1. The molecule has 5 rings (SSSR count). The molecule has 0 bridgehead atoms. The molecule has 1 N–H and O–H groups in total. The number of carbonyl (C=O) groups is 1. The Bertz CT molecular complexity index is 1180. The lowest BCUT2D eigenvalue weighted by Crippen LogP contribution is -2.48. The molecule has 33 heavy (non-hydrogen) atoms. The Balaban J connectivity index is 1.56. The number of rotatable bonds is 5. The van der Waals surface area contributed by atoms with Crippen molar-refractivity contribution in [3.05, 3.63) is 77.1 Å². The third kappa shape index (κ3) is 4.26. The number of halogens is 1. The van der Waals surface area contributed by atoms with E-state index in [1.165, 1.54) is 12.1 Å². The van der Waals surface area contributed by atoms with Gasteiger partial charge in [0.15, 0.2) is 0 Å². The highest BCUT2D eigenvalue weighted by molar-refractivity contribution is 5.86. The molecule has 2 aliphatic heterocycles. The average Bonchev–Trinajstić information content (AvgIpc) is 3.50. The summed E-state index contributed by atoms with van der Waals surface area (Å²) in [6, 6.07) is 13.1. The largest absolute Gasteiger partial charge is 0.376 e. The minimum atomic E-state index is -0.551. The van der Waals surface area contributed by atoms with Gasteiger partial charge in [-0.15, -0.1) is 0 Å². The highest BCUT2D eigenvalue weighted by Crippen LogP contribution is 2.37. The SMILES string of the molecule is CC1=C(c2nc(-c3ccc(C)cc3)no2)C(c2ccc(F)cc2)NC(=O)N1CC1CCCO1. The van der Waals surface area contributed by atoms with Gasteiger partial charge >= 0.3 is 6.03 Å². The van der Waals surface area contributed by atoms with E-state index in [4.69, 9.17) is 9.26 Å². The third-order valence-corrected chi connectivity index (χ3v) is 6.18. The summed E-state index contributed by atoms with van der Waals surface area (Å²) in [6.07, 6.45) is 1.88. The van der Waals surface area contributed by atoms with Crippen LogP contribution in [-0.2, 0) is 4.74 Å². The van der Waals surface area contributed by atoms with Crippen LogP contribution in [0.25, 0.3) is 17.0 Å². The number of carbonyl (C=O) groups excluding carboxylic acids is 1. The van der Waals surface area contributed by atoms with E-state index in [2.05, 4.69) is 15.5 Å². The molecule has 7 nitrogen and oxygen atoms in total. The van der Waals surface area contributed by atoms with Gasteiger partial charge in [0.25, 0.3) is 5.89 Å². The van der Waals surface area contributed by atoms with Crippen LogP contribution < -0.4 is 5.32 Å². The summed E-state index contributed by atoms with van der Waals surface area (Å²) in [4.78, 5) is 19.4. The van der Waals surface area contributed by atoms with Crippen LogP contribution in [0.4, 0.5) is 9.18 Å². The van der Waals surface area contributed by atoms with Gasteiger partial charge in [0.1, 0.15) is 5.82 Å². The maximum Gasteiger partial charge on any atom is 0.322 e. The number of urea groups is 1. The Kier molecular flexibility index (Phi) is 5.68. The predicted molar refractivity (Wildman–Crippen MR) is 120 cm³/mol. The molecule has 0 saturated carbocycles. The number of benzene rings is 2. The molecule has 2 aliphatic rings. The summed E-state index contributed by atoms with van der Waals surface area (Å²) < 4.78 is 25.0. The molecule has 2 unspecified atom stereocenters. The molecule has 0 spiro atoms. The zero-order valence-corrected chi connectivity index (χ0v) is 18.5. The monoisotopic (exact) mass is 448 g/mol. The lowest BCUT2D eigenvalue weighted by Gasteiger charge is -2.36. The van der Waals surface area contributed by atoms with Crippen LogP contribution in [0.2, 0.25) is 0 Å². The lowest BCUT2D eigenvalue weighted by atomic mass is 9.94. The van der Waals surface area contributed by atoms with Crippen molar-refractivity contribution in [2.75, 3.05) is 13.2 Å². The van der Waals surface area contributed by atoms with Crippen molar-refractivity contribution < 1.29 is 18.4 Å². The van der Waals surface area contributed by atoms with Gasteiger partial charge in [-0.1, -0.05) is 47.1 Å². The number of ether oxygens (including phenoxy) is 1. The summed E-state index contributed by atoms with van der Waals surface area (Å²) in [6.45, 7) is 5.03. The molecule has 0 radical (unpaired) electrons. The highest BCUT2D eigenvalue weighted by atomic mass is 19.1. The Morgan fingerprint density at radius 3 is 2.58 bits per heavy atom. The van der Waals surface area contributed by atoms with E-state index in [1.807, 2.05) is 38.1 Å². The van der Waals surface area contributed by atoms with Gasteiger partial charge in [0, 0.05) is 17.9 Å². The molecule has 1 aromatic heterocycles. The van der Waals surface area contributed by atoms with Gasteiger partial charge in [0.2, 0.25) is 5.82 Å². The number of aromatic nitrogens is 2. The fraction of sp³-hybridized carbons (Fsp3) is 0.320. The van der Waals surface area contributed by atoms with Crippen molar-refractivity contribution in [2.24, 2.45) is 0 Å². The van der Waals surface area contributed by atoms with E-state index in [1.54, 1.807) is 17.0 Å². The molecule has 170 valence electrons. The lowest BCUT2D eigenvalue weighted by molar-refractivity contribution is 0.0877. The smallest absolute Gasteiger partial charge is 0.322 e. The summed E-state index contributed by atoms with van der Waals surface area (Å²) in [5.74, 6) is 0.433. The van der Waals surface area contributed by atoms with Gasteiger partial charge in [-0.2, -0.15) is 4.98 Å². The van der Waals surface area contributed by atoms with Crippen molar-refractivity contribution in [3.8, 4) is 11.4 Å². The molecule has 8 heteroatoms. The standard InChI is InChI=1S/C25H25FN4O3/c1-15-5-7-18(8-6-15)23-28-24(33-29-23)21-16(2)30(14-20-4-3-13-32-20)25(31)27-22(21)17-9-11-19(26)12-10-17/h5-12,20,22H,3-4,13-14H2,1-2H3,(H,27,31). The number of nitrogens with zero attached hydrogens (tertiary/aromatic N) is 3. The van der Waals surface area contributed by atoms with E-state index in [0.717, 1.165) is 29.5 Å². The molecule has 3 aromatic rings. The van der Waals surface area contributed by atoms with Crippen LogP contribution in [-0.4, -0.2) is 40.3 Å². The first kappa shape index (κ1) is 21.3. The number of hydrogen-bond acceptors (Lipinski definition) is 5. The second-order valence-electron chi connectivity index (χ2n) is 8.47. The van der Waals surface area contributed by atoms with Gasteiger partial charge in [0.05, 0.1) is 24.3 Å². The van der Waals surface area contributed by atoms with E-state index in [0.29, 0.717) is 36.1 Å². The molecular weight excluding hydrogens is 423 g/mol. The predicted octanol–water partition coefficient (Wildman–Crippen LogP) is 4.86. The second kappa shape index (κ2) is 8.78. The topological polar surface area (TPSA) is 80.5 Å². The Morgan fingerprint density at radius 2 is 1.88 bits per heavy atom. The van der Waals surface area contributed by atoms with Crippen LogP contribution in [0.15, 0.2) is 58.8 Å². The molecule has 2 amide bonds. The minimum Gasteiger partial charge on any atom is -0.376 e. The molecular formula is C25H25FN4O3. The van der Waals surface area contributed by atoms with Gasteiger partial charge in [-0.05, 0) is 44.4 Å². The minimum absolute atomic E-state index is 0.0138. The number of allylic oxidation sites excluding steroid dienone is 1. The van der Waals surface area contributed by atoms with E-state index in [9.17, 15) is 9.18 Å². The van der Waals surface area contributed by atoms with E-state index < -0.39 is 6.04 Å². The Labute approximate surface area is 191 Å². The summed E-state index contributed by atoms with van der Waals surface area (Å²) in [7, 11) is 0. The van der Waals surface area contributed by atoms with E-state index in [-0.39, 0.29) is 18.0 Å². The first-order valence-corrected chi connectivity index (χ1v) is 11.1.